The molecule has 0 aliphatic rings. The predicted molar refractivity (Wildman–Crippen MR) is 102 cm³/mol. The number of para-hydroxylation sites is 1. The molecule has 2 N–H and O–H groups in total. The van der Waals surface area contributed by atoms with Crippen LogP contribution < -0.4 is 10.1 Å². The molecule has 2 aromatic carbocycles. The third kappa shape index (κ3) is 4.75. The average Bonchev–Trinajstić information content (AvgIpc) is 3.17. The Kier molecular flexibility index (Phi) is 5.58. The summed E-state index contributed by atoms with van der Waals surface area (Å²) in [6, 6.07) is 15.4. The van der Waals surface area contributed by atoms with Crippen molar-refractivity contribution < 1.29 is 17.6 Å². The van der Waals surface area contributed by atoms with Crippen LogP contribution in [0.2, 0.25) is 5.02 Å². The van der Waals surface area contributed by atoms with E-state index in [2.05, 4.69) is 15.2 Å². The van der Waals surface area contributed by atoms with Gasteiger partial charge in [0.2, 0.25) is 0 Å². The van der Waals surface area contributed by atoms with Crippen molar-refractivity contribution in [2.24, 2.45) is 5.10 Å². The number of sulfonamides is 1. The first kappa shape index (κ1) is 18.7. The Hall–Kier alpha value is -3.10. The monoisotopic (exact) mass is 403 g/mol. The van der Waals surface area contributed by atoms with E-state index in [4.69, 9.17) is 16.0 Å². The van der Waals surface area contributed by atoms with Gasteiger partial charge in [-0.25, -0.2) is 13.8 Å². The number of hydrazone groups is 1. The highest BCUT2D eigenvalue weighted by atomic mass is 35.5. The fraction of sp³-hybridized carbons (Fsp3) is 0. The first-order valence-corrected chi connectivity index (χ1v) is 9.56. The van der Waals surface area contributed by atoms with Crippen molar-refractivity contribution in [2.75, 3.05) is 4.72 Å². The number of carbonyl (C=O) groups is 1. The van der Waals surface area contributed by atoms with Crippen LogP contribution >= 0.6 is 11.6 Å². The zero-order valence-corrected chi connectivity index (χ0v) is 15.4. The molecule has 3 aromatic rings. The second-order valence-electron chi connectivity index (χ2n) is 5.33. The molecule has 1 heterocycles. The van der Waals surface area contributed by atoms with E-state index in [9.17, 15) is 13.2 Å². The molecule has 0 fully saturated rings. The number of nitrogens with zero attached hydrogens (tertiary/aromatic N) is 1. The fourth-order valence-electron chi connectivity index (χ4n) is 2.14. The highest BCUT2D eigenvalue weighted by Gasteiger charge is 2.17. The Morgan fingerprint density at radius 2 is 1.89 bits per heavy atom. The summed E-state index contributed by atoms with van der Waals surface area (Å²) in [5.74, 6) is -0.0943. The maximum absolute atomic E-state index is 12.6. The molecule has 0 radical (unpaired) electrons. The standard InChI is InChI=1S/C18H14ClN3O4S/c19-16-8-1-2-9-17(16)22-27(24,25)15-7-3-5-13(11-15)18(23)21-20-12-14-6-4-10-26-14/h1-12,22H,(H,21,23)/b20-12+. The van der Waals surface area contributed by atoms with Gasteiger partial charge in [0.25, 0.3) is 15.9 Å². The zero-order chi connectivity index (χ0) is 19.3. The third-order valence-corrected chi connectivity index (χ3v) is 5.12. The molecule has 0 atom stereocenters. The highest BCUT2D eigenvalue weighted by molar-refractivity contribution is 7.92. The van der Waals surface area contributed by atoms with Gasteiger partial charge in [0.15, 0.2) is 0 Å². The van der Waals surface area contributed by atoms with Crippen LogP contribution in [0.1, 0.15) is 16.1 Å². The van der Waals surface area contributed by atoms with Crippen molar-refractivity contribution in [3.05, 3.63) is 83.3 Å². The molecule has 0 aliphatic carbocycles. The molecule has 1 aromatic heterocycles. The number of halogens is 1. The van der Waals surface area contributed by atoms with Gasteiger partial charge in [-0.05, 0) is 42.5 Å². The van der Waals surface area contributed by atoms with E-state index in [0.29, 0.717) is 5.76 Å². The number of hydrogen-bond acceptors (Lipinski definition) is 5. The molecule has 27 heavy (non-hydrogen) atoms. The molecular formula is C18H14ClN3O4S. The summed E-state index contributed by atoms with van der Waals surface area (Å²) in [5, 5.41) is 4.03. The summed E-state index contributed by atoms with van der Waals surface area (Å²) in [7, 11) is -3.92. The van der Waals surface area contributed by atoms with E-state index in [1.54, 1.807) is 36.4 Å². The van der Waals surface area contributed by atoms with Crippen molar-refractivity contribution in [1.82, 2.24) is 5.43 Å². The van der Waals surface area contributed by atoms with E-state index in [1.165, 1.54) is 36.7 Å². The van der Waals surface area contributed by atoms with Gasteiger partial charge in [0.05, 0.1) is 28.1 Å². The molecule has 0 aliphatic heterocycles. The van der Waals surface area contributed by atoms with Gasteiger partial charge in [-0.3, -0.25) is 9.52 Å². The first-order valence-electron chi connectivity index (χ1n) is 7.70. The Morgan fingerprint density at radius 3 is 2.63 bits per heavy atom. The second-order valence-corrected chi connectivity index (χ2v) is 7.42. The number of amides is 1. The molecule has 1 amide bonds. The number of benzene rings is 2. The summed E-state index contributed by atoms with van der Waals surface area (Å²) in [4.78, 5) is 12.1. The van der Waals surface area contributed by atoms with E-state index >= 15 is 0 Å². The largest absolute Gasteiger partial charge is 0.463 e. The summed E-state index contributed by atoms with van der Waals surface area (Å²) < 4.78 is 32.6. The first-order chi connectivity index (χ1) is 13.0. The highest BCUT2D eigenvalue weighted by Crippen LogP contribution is 2.24. The normalized spacial score (nSPS) is 11.4. The lowest BCUT2D eigenvalue weighted by molar-refractivity contribution is 0.0955. The smallest absolute Gasteiger partial charge is 0.271 e. The maximum atomic E-state index is 12.6. The molecular weight excluding hydrogens is 390 g/mol. The van der Waals surface area contributed by atoms with Crippen LogP contribution in [0, 0.1) is 0 Å². The predicted octanol–water partition coefficient (Wildman–Crippen LogP) is 3.50. The van der Waals surface area contributed by atoms with E-state index in [-0.39, 0.29) is 21.2 Å². The van der Waals surface area contributed by atoms with E-state index < -0.39 is 15.9 Å². The second kappa shape index (κ2) is 8.07. The minimum atomic E-state index is -3.92. The number of nitrogens with one attached hydrogen (secondary N) is 2. The molecule has 9 heteroatoms. The van der Waals surface area contributed by atoms with Crippen LogP contribution in [0.25, 0.3) is 0 Å². The van der Waals surface area contributed by atoms with Crippen LogP contribution in [-0.4, -0.2) is 20.5 Å². The lowest BCUT2D eigenvalue weighted by Gasteiger charge is -2.10. The van der Waals surface area contributed by atoms with Gasteiger partial charge in [0, 0.05) is 5.56 Å². The summed E-state index contributed by atoms with van der Waals surface area (Å²) in [6.07, 6.45) is 2.81. The lowest BCUT2D eigenvalue weighted by Crippen LogP contribution is -2.19. The minimum Gasteiger partial charge on any atom is -0.463 e. The number of anilines is 1. The van der Waals surface area contributed by atoms with Gasteiger partial charge in [-0.1, -0.05) is 29.8 Å². The van der Waals surface area contributed by atoms with Gasteiger partial charge < -0.3 is 4.42 Å². The van der Waals surface area contributed by atoms with E-state index in [0.717, 1.165) is 0 Å². The van der Waals surface area contributed by atoms with Gasteiger partial charge in [0.1, 0.15) is 5.76 Å². The molecule has 0 unspecified atom stereocenters. The quantitative estimate of drug-likeness (QED) is 0.485. The average molecular weight is 404 g/mol. The number of carbonyl (C=O) groups excluding carboxylic acids is 1. The minimum absolute atomic E-state index is 0.0786. The summed E-state index contributed by atoms with van der Waals surface area (Å²) in [6.45, 7) is 0. The van der Waals surface area contributed by atoms with Crippen LogP contribution in [0.15, 0.2) is 81.3 Å². The number of rotatable bonds is 6. The summed E-state index contributed by atoms with van der Waals surface area (Å²) in [5.41, 5.74) is 2.69. The third-order valence-electron chi connectivity index (χ3n) is 3.43. The van der Waals surface area contributed by atoms with Crippen molar-refractivity contribution >= 4 is 39.4 Å². The molecule has 0 saturated carbocycles. The Bertz CT molecular complexity index is 1080. The molecule has 0 spiro atoms. The van der Waals surface area contributed by atoms with Crippen molar-refractivity contribution in [3.63, 3.8) is 0 Å². The van der Waals surface area contributed by atoms with Crippen LogP contribution in [0.5, 0.6) is 0 Å². The lowest BCUT2D eigenvalue weighted by atomic mass is 10.2. The maximum Gasteiger partial charge on any atom is 0.271 e. The molecule has 3 rings (SSSR count). The molecule has 0 saturated heterocycles. The topological polar surface area (TPSA) is 101 Å². The van der Waals surface area contributed by atoms with Crippen LogP contribution in [0.4, 0.5) is 5.69 Å². The summed E-state index contributed by atoms with van der Waals surface area (Å²) >= 11 is 5.98. The van der Waals surface area contributed by atoms with Gasteiger partial charge in [-0.15, -0.1) is 0 Å². The fourth-order valence-corrected chi connectivity index (χ4v) is 3.50. The van der Waals surface area contributed by atoms with Gasteiger partial charge >= 0.3 is 0 Å². The molecule has 7 nitrogen and oxygen atoms in total. The Labute approximate surface area is 160 Å². The van der Waals surface area contributed by atoms with Gasteiger partial charge in [-0.2, -0.15) is 5.10 Å². The number of hydrogen-bond donors (Lipinski definition) is 2. The van der Waals surface area contributed by atoms with E-state index in [1.807, 2.05) is 0 Å². The molecule has 0 bridgehead atoms. The SMILES string of the molecule is O=C(N/N=C/c1ccco1)c1cccc(S(=O)(=O)Nc2ccccc2Cl)c1. The Morgan fingerprint density at radius 1 is 1.07 bits per heavy atom. The van der Waals surface area contributed by atoms with Crippen LogP contribution in [0.3, 0.4) is 0 Å². The van der Waals surface area contributed by atoms with Crippen LogP contribution in [-0.2, 0) is 10.0 Å². The Balaban J connectivity index is 1.76. The zero-order valence-electron chi connectivity index (χ0n) is 13.8. The molecule has 138 valence electrons. The van der Waals surface area contributed by atoms with Crippen molar-refractivity contribution in [2.45, 2.75) is 4.90 Å². The number of furan rings is 1. The van der Waals surface area contributed by atoms with Crippen molar-refractivity contribution in [1.29, 1.82) is 0 Å². The van der Waals surface area contributed by atoms with Crippen molar-refractivity contribution in [3.8, 4) is 0 Å².